The Morgan fingerprint density at radius 1 is 1.20 bits per heavy atom. The lowest BCUT2D eigenvalue weighted by Gasteiger charge is -2.07. The first-order chi connectivity index (χ1) is 12.0. The molecular formula is C19H18FN3OS. The average molecular weight is 355 g/mol. The lowest BCUT2D eigenvalue weighted by atomic mass is 10.1. The summed E-state index contributed by atoms with van der Waals surface area (Å²) in [5.74, 6) is -0.602. The molecule has 0 spiro atoms. The third-order valence-corrected chi connectivity index (χ3v) is 4.46. The van der Waals surface area contributed by atoms with Crippen molar-refractivity contribution in [3.63, 3.8) is 0 Å². The normalized spacial score (nSPS) is 10.5. The van der Waals surface area contributed by atoms with Crippen molar-refractivity contribution in [1.82, 2.24) is 10.3 Å². The minimum absolute atomic E-state index is 0.258. The summed E-state index contributed by atoms with van der Waals surface area (Å²) >= 11 is 1.37. The molecule has 0 saturated carbocycles. The summed E-state index contributed by atoms with van der Waals surface area (Å²) in [7, 11) is 0. The Bertz CT molecular complexity index is 907. The molecule has 0 fully saturated rings. The first kappa shape index (κ1) is 17.1. The van der Waals surface area contributed by atoms with E-state index in [0.717, 1.165) is 11.3 Å². The van der Waals surface area contributed by atoms with E-state index in [0.29, 0.717) is 16.4 Å². The van der Waals surface area contributed by atoms with E-state index in [4.69, 9.17) is 0 Å². The number of carbonyl (C=O) groups is 1. The van der Waals surface area contributed by atoms with E-state index >= 15 is 0 Å². The number of nitrogens with one attached hydrogen (secondary N) is 2. The molecule has 2 N–H and O–H groups in total. The summed E-state index contributed by atoms with van der Waals surface area (Å²) in [6.07, 6.45) is 0. The van der Waals surface area contributed by atoms with Gasteiger partial charge in [0.15, 0.2) is 5.13 Å². The number of hydrogen-bond donors (Lipinski definition) is 2. The summed E-state index contributed by atoms with van der Waals surface area (Å²) < 4.78 is 13.2. The maximum atomic E-state index is 13.2. The third-order valence-electron chi connectivity index (χ3n) is 3.70. The minimum atomic E-state index is -0.319. The van der Waals surface area contributed by atoms with E-state index in [1.807, 2.05) is 26.0 Å². The van der Waals surface area contributed by atoms with Gasteiger partial charge in [-0.3, -0.25) is 4.79 Å². The Labute approximate surface area is 149 Å². The highest BCUT2D eigenvalue weighted by Crippen LogP contribution is 2.24. The molecular weight excluding hydrogens is 337 g/mol. The minimum Gasteiger partial charge on any atom is -0.347 e. The molecule has 1 heterocycles. The number of nitrogens with zero attached hydrogens (tertiary/aromatic N) is 1. The van der Waals surface area contributed by atoms with Gasteiger partial charge in [-0.2, -0.15) is 0 Å². The van der Waals surface area contributed by atoms with Crippen molar-refractivity contribution in [2.45, 2.75) is 20.4 Å². The molecule has 4 nitrogen and oxygen atoms in total. The lowest BCUT2D eigenvalue weighted by molar-refractivity contribution is 0.0946. The van der Waals surface area contributed by atoms with Crippen LogP contribution in [0.4, 0.5) is 15.2 Å². The summed E-state index contributed by atoms with van der Waals surface area (Å²) in [6.45, 7) is 4.32. The van der Waals surface area contributed by atoms with Gasteiger partial charge in [-0.15, -0.1) is 11.3 Å². The molecule has 6 heteroatoms. The molecule has 0 unspecified atom stereocenters. The molecule has 0 bridgehead atoms. The Kier molecular flexibility index (Phi) is 5.09. The maximum Gasteiger partial charge on any atom is 0.271 e. The fourth-order valence-corrected chi connectivity index (χ4v) is 3.13. The topological polar surface area (TPSA) is 54.0 Å². The van der Waals surface area contributed by atoms with Gasteiger partial charge in [0.1, 0.15) is 11.5 Å². The Hall–Kier alpha value is -2.73. The van der Waals surface area contributed by atoms with Crippen LogP contribution >= 0.6 is 11.3 Å². The van der Waals surface area contributed by atoms with Crippen LogP contribution in [0.3, 0.4) is 0 Å². The lowest BCUT2D eigenvalue weighted by Crippen LogP contribution is -2.23. The van der Waals surface area contributed by atoms with Crippen LogP contribution in [0, 0.1) is 19.7 Å². The van der Waals surface area contributed by atoms with Crippen LogP contribution in [-0.2, 0) is 6.54 Å². The van der Waals surface area contributed by atoms with Crippen molar-refractivity contribution in [3.8, 4) is 0 Å². The predicted molar refractivity (Wildman–Crippen MR) is 98.9 cm³/mol. The standard InChI is InChI=1S/C19H18FN3OS/c1-12-6-7-16(13(2)8-12)22-19-23-17(11-25-19)18(24)21-10-14-4-3-5-15(20)9-14/h3-9,11H,10H2,1-2H3,(H,21,24)(H,22,23). The second kappa shape index (κ2) is 7.44. The van der Waals surface area contributed by atoms with Crippen LogP contribution < -0.4 is 10.6 Å². The highest BCUT2D eigenvalue weighted by Gasteiger charge is 2.11. The van der Waals surface area contributed by atoms with Crippen LogP contribution in [-0.4, -0.2) is 10.9 Å². The van der Waals surface area contributed by atoms with Crippen molar-refractivity contribution in [2.24, 2.45) is 0 Å². The number of rotatable bonds is 5. The second-order valence-corrected chi connectivity index (χ2v) is 6.65. The maximum absolute atomic E-state index is 13.2. The van der Waals surface area contributed by atoms with Gasteiger partial charge in [0, 0.05) is 17.6 Å². The highest BCUT2D eigenvalue weighted by molar-refractivity contribution is 7.14. The number of anilines is 2. The van der Waals surface area contributed by atoms with E-state index in [1.54, 1.807) is 17.5 Å². The smallest absolute Gasteiger partial charge is 0.271 e. The molecule has 3 rings (SSSR count). The summed E-state index contributed by atoms with van der Waals surface area (Å²) in [6, 6.07) is 12.3. The van der Waals surface area contributed by atoms with E-state index < -0.39 is 0 Å². The number of thiazole rings is 1. The number of hydrogen-bond acceptors (Lipinski definition) is 4. The number of carbonyl (C=O) groups excluding carboxylic acids is 1. The number of halogens is 1. The zero-order chi connectivity index (χ0) is 17.8. The highest BCUT2D eigenvalue weighted by atomic mass is 32.1. The molecule has 0 atom stereocenters. The fraction of sp³-hybridized carbons (Fsp3) is 0.158. The molecule has 0 saturated heterocycles. The monoisotopic (exact) mass is 355 g/mol. The van der Waals surface area contributed by atoms with Gasteiger partial charge < -0.3 is 10.6 Å². The zero-order valence-electron chi connectivity index (χ0n) is 14.0. The first-order valence-electron chi connectivity index (χ1n) is 7.84. The number of aryl methyl sites for hydroxylation is 2. The van der Waals surface area contributed by atoms with Crippen LogP contribution in [0.5, 0.6) is 0 Å². The van der Waals surface area contributed by atoms with E-state index in [2.05, 4.69) is 21.7 Å². The van der Waals surface area contributed by atoms with Gasteiger partial charge in [0.2, 0.25) is 0 Å². The van der Waals surface area contributed by atoms with E-state index in [9.17, 15) is 9.18 Å². The van der Waals surface area contributed by atoms with Crippen molar-refractivity contribution in [1.29, 1.82) is 0 Å². The van der Waals surface area contributed by atoms with E-state index in [-0.39, 0.29) is 18.3 Å². The SMILES string of the molecule is Cc1ccc(Nc2nc(C(=O)NCc3cccc(F)c3)cs2)c(C)c1. The number of aromatic nitrogens is 1. The summed E-state index contributed by atoms with van der Waals surface area (Å²) in [5, 5.41) is 8.34. The van der Waals surface area contributed by atoms with Gasteiger partial charge in [-0.1, -0.05) is 29.8 Å². The molecule has 0 radical (unpaired) electrons. The Morgan fingerprint density at radius 2 is 2.04 bits per heavy atom. The Balaban J connectivity index is 1.63. The van der Waals surface area contributed by atoms with Crippen molar-refractivity contribution in [2.75, 3.05) is 5.32 Å². The number of amides is 1. The molecule has 25 heavy (non-hydrogen) atoms. The van der Waals surface area contributed by atoms with Crippen LogP contribution in [0.15, 0.2) is 47.8 Å². The Morgan fingerprint density at radius 3 is 2.80 bits per heavy atom. The molecule has 0 aliphatic heterocycles. The van der Waals surface area contributed by atoms with Crippen LogP contribution in [0.25, 0.3) is 0 Å². The van der Waals surface area contributed by atoms with Crippen molar-refractivity contribution < 1.29 is 9.18 Å². The van der Waals surface area contributed by atoms with Gasteiger partial charge >= 0.3 is 0 Å². The molecule has 0 aliphatic carbocycles. The summed E-state index contributed by atoms with van der Waals surface area (Å²) in [5.41, 5.74) is 4.32. The second-order valence-electron chi connectivity index (χ2n) is 5.79. The van der Waals surface area contributed by atoms with Gasteiger partial charge in [-0.05, 0) is 43.2 Å². The predicted octanol–water partition coefficient (Wildman–Crippen LogP) is 4.57. The first-order valence-corrected chi connectivity index (χ1v) is 8.71. The summed E-state index contributed by atoms with van der Waals surface area (Å²) in [4.78, 5) is 16.5. The third kappa shape index (κ3) is 4.42. The number of benzene rings is 2. The molecule has 128 valence electrons. The van der Waals surface area contributed by atoms with Crippen LogP contribution in [0.2, 0.25) is 0 Å². The van der Waals surface area contributed by atoms with Crippen molar-refractivity contribution in [3.05, 3.63) is 76.0 Å². The van der Waals surface area contributed by atoms with Crippen LogP contribution in [0.1, 0.15) is 27.2 Å². The zero-order valence-corrected chi connectivity index (χ0v) is 14.8. The van der Waals surface area contributed by atoms with Crippen molar-refractivity contribution >= 4 is 28.1 Å². The molecule has 0 aliphatic rings. The van der Waals surface area contributed by atoms with Gasteiger partial charge in [0.05, 0.1) is 0 Å². The largest absolute Gasteiger partial charge is 0.347 e. The van der Waals surface area contributed by atoms with Gasteiger partial charge in [0.25, 0.3) is 5.91 Å². The molecule has 3 aromatic rings. The van der Waals surface area contributed by atoms with Gasteiger partial charge in [-0.25, -0.2) is 9.37 Å². The molecule has 1 aromatic heterocycles. The molecule has 2 aromatic carbocycles. The average Bonchev–Trinajstić information content (AvgIpc) is 3.04. The fourth-order valence-electron chi connectivity index (χ4n) is 2.42. The van der Waals surface area contributed by atoms with E-state index in [1.165, 1.54) is 29.0 Å². The molecule has 1 amide bonds. The quantitative estimate of drug-likeness (QED) is 0.705.